The molecule has 0 saturated carbocycles. The summed E-state index contributed by atoms with van der Waals surface area (Å²) in [7, 11) is 1.63. The first kappa shape index (κ1) is 20.1. The van der Waals surface area contributed by atoms with Gasteiger partial charge >= 0.3 is 6.03 Å². The van der Waals surface area contributed by atoms with Crippen LogP contribution in [0.25, 0.3) is 11.3 Å². The Morgan fingerprint density at radius 3 is 2.80 bits per heavy atom. The predicted octanol–water partition coefficient (Wildman–Crippen LogP) is 1.58. The molecule has 30 heavy (non-hydrogen) atoms. The molecular formula is C21H25N5O4. The molecule has 1 aromatic heterocycles. The number of hydrogen-bond donors (Lipinski definition) is 3. The van der Waals surface area contributed by atoms with Crippen molar-refractivity contribution in [3.63, 3.8) is 0 Å². The predicted molar refractivity (Wildman–Crippen MR) is 111 cm³/mol. The zero-order valence-electron chi connectivity index (χ0n) is 16.7. The Labute approximate surface area is 174 Å². The molecule has 2 saturated heterocycles. The van der Waals surface area contributed by atoms with Gasteiger partial charge in [-0.3, -0.25) is 0 Å². The third kappa shape index (κ3) is 4.22. The van der Waals surface area contributed by atoms with Gasteiger partial charge in [0.25, 0.3) is 0 Å². The number of ether oxygens (including phenoxy) is 3. The van der Waals surface area contributed by atoms with E-state index in [9.17, 15) is 4.79 Å². The van der Waals surface area contributed by atoms with E-state index in [-0.39, 0.29) is 30.3 Å². The number of anilines is 1. The first-order valence-corrected chi connectivity index (χ1v) is 9.81. The number of para-hydroxylation sites is 1. The number of nitrogens with zero attached hydrogens (tertiary/aromatic N) is 2. The van der Waals surface area contributed by atoms with Crippen molar-refractivity contribution in [3.8, 4) is 17.0 Å². The molecule has 2 aliphatic heterocycles. The molecule has 2 amide bonds. The van der Waals surface area contributed by atoms with Gasteiger partial charge in [-0.15, -0.1) is 6.58 Å². The van der Waals surface area contributed by atoms with Crippen LogP contribution in [0, 0.1) is 0 Å². The van der Waals surface area contributed by atoms with E-state index in [0.717, 1.165) is 17.0 Å². The van der Waals surface area contributed by atoms with E-state index >= 15 is 0 Å². The van der Waals surface area contributed by atoms with Crippen LogP contribution in [0.3, 0.4) is 0 Å². The second-order valence-corrected chi connectivity index (χ2v) is 7.06. The van der Waals surface area contributed by atoms with Crippen LogP contribution in [0.5, 0.6) is 5.75 Å². The number of carbonyl (C=O) groups excluding carboxylic acids is 1. The van der Waals surface area contributed by atoms with Crippen LogP contribution in [0.1, 0.15) is 0 Å². The molecule has 0 aliphatic carbocycles. The monoisotopic (exact) mass is 411 g/mol. The minimum absolute atomic E-state index is 0.119. The summed E-state index contributed by atoms with van der Waals surface area (Å²) in [6.45, 7) is 4.81. The van der Waals surface area contributed by atoms with Crippen molar-refractivity contribution in [3.05, 3.63) is 49.2 Å². The number of benzene rings is 1. The standard InChI is InChI=1S/C21H25N5O4/c1-3-9-23-21(27)26-16-12-30-18-15(11-29-19(16)18)25-20-22-10-8-14(24-20)13-6-4-5-7-17(13)28-2/h3-8,10,15-16,18-19H,1,9,11-12H2,2H3,(H,22,24,25)(H2,23,26,27). The highest BCUT2D eigenvalue weighted by Gasteiger charge is 2.48. The Morgan fingerprint density at radius 1 is 1.23 bits per heavy atom. The molecule has 9 nitrogen and oxygen atoms in total. The largest absolute Gasteiger partial charge is 0.496 e. The van der Waals surface area contributed by atoms with Gasteiger partial charge in [-0.2, -0.15) is 0 Å². The summed E-state index contributed by atoms with van der Waals surface area (Å²) in [5, 5.41) is 8.90. The quantitative estimate of drug-likeness (QED) is 0.594. The fraction of sp³-hybridized carbons (Fsp3) is 0.381. The summed E-state index contributed by atoms with van der Waals surface area (Å²) in [4.78, 5) is 20.9. The second kappa shape index (κ2) is 9.10. The lowest BCUT2D eigenvalue weighted by Crippen LogP contribution is -2.48. The average molecular weight is 411 g/mol. The van der Waals surface area contributed by atoms with Crippen molar-refractivity contribution in [2.24, 2.45) is 0 Å². The normalized spacial score (nSPS) is 24.7. The van der Waals surface area contributed by atoms with E-state index in [2.05, 4.69) is 32.5 Å². The molecule has 2 aromatic rings. The van der Waals surface area contributed by atoms with E-state index < -0.39 is 0 Å². The highest BCUT2D eigenvalue weighted by molar-refractivity contribution is 5.74. The molecule has 2 fully saturated rings. The van der Waals surface area contributed by atoms with Crippen LogP contribution in [-0.4, -0.2) is 67.2 Å². The molecule has 0 spiro atoms. The minimum atomic E-state index is -0.267. The third-order valence-electron chi connectivity index (χ3n) is 5.13. The van der Waals surface area contributed by atoms with Crippen molar-refractivity contribution in [2.45, 2.75) is 24.3 Å². The van der Waals surface area contributed by atoms with E-state index in [1.165, 1.54) is 0 Å². The van der Waals surface area contributed by atoms with Crippen molar-refractivity contribution >= 4 is 12.0 Å². The fourth-order valence-electron chi connectivity index (χ4n) is 3.73. The number of urea groups is 1. The molecule has 2 aliphatic rings. The molecular weight excluding hydrogens is 386 g/mol. The lowest BCUT2D eigenvalue weighted by atomic mass is 10.1. The molecule has 3 heterocycles. The van der Waals surface area contributed by atoms with Crippen molar-refractivity contribution < 1.29 is 19.0 Å². The van der Waals surface area contributed by atoms with Gasteiger partial charge in [0.15, 0.2) is 0 Å². The SMILES string of the molecule is C=CCNC(=O)NC1COC2C(Nc3nccc(-c4ccccc4OC)n3)COC12. The fourth-order valence-corrected chi connectivity index (χ4v) is 3.73. The van der Waals surface area contributed by atoms with Crippen molar-refractivity contribution in [1.82, 2.24) is 20.6 Å². The maximum Gasteiger partial charge on any atom is 0.315 e. The molecule has 4 atom stereocenters. The summed E-state index contributed by atoms with van der Waals surface area (Å²) >= 11 is 0. The lowest BCUT2D eigenvalue weighted by molar-refractivity contribution is 0.0682. The number of nitrogens with one attached hydrogen (secondary N) is 3. The molecule has 3 N–H and O–H groups in total. The van der Waals surface area contributed by atoms with Gasteiger partial charge in [0.1, 0.15) is 18.0 Å². The smallest absolute Gasteiger partial charge is 0.315 e. The van der Waals surface area contributed by atoms with Crippen LogP contribution >= 0.6 is 0 Å². The summed E-state index contributed by atoms with van der Waals surface area (Å²) in [6.07, 6.45) is 2.90. The third-order valence-corrected chi connectivity index (χ3v) is 5.13. The summed E-state index contributed by atoms with van der Waals surface area (Å²) in [5.41, 5.74) is 1.64. The maximum atomic E-state index is 11.9. The van der Waals surface area contributed by atoms with Crippen molar-refractivity contribution in [1.29, 1.82) is 0 Å². The summed E-state index contributed by atoms with van der Waals surface area (Å²) < 4.78 is 17.2. The number of rotatable bonds is 7. The van der Waals surface area contributed by atoms with Crippen LogP contribution in [-0.2, 0) is 9.47 Å². The zero-order chi connectivity index (χ0) is 20.9. The Kier molecular flexibility index (Phi) is 6.10. The lowest BCUT2D eigenvalue weighted by Gasteiger charge is -2.18. The first-order chi connectivity index (χ1) is 14.7. The van der Waals surface area contributed by atoms with Gasteiger partial charge in [-0.05, 0) is 18.2 Å². The second-order valence-electron chi connectivity index (χ2n) is 7.06. The summed E-state index contributed by atoms with van der Waals surface area (Å²) in [6, 6.07) is 8.93. The number of hydrogen-bond acceptors (Lipinski definition) is 7. The van der Waals surface area contributed by atoms with E-state index in [0.29, 0.717) is 25.7 Å². The van der Waals surface area contributed by atoms with E-state index in [1.807, 2.05) is 30.3 Å². The molecule has 1 aromatic carbocycles. The van der Waals surface area contributed by atoms with E-state index in [1.54, 1.807) is 19.4 Å². The van der Waals surface area contributed by atoms with Gasteiger partial charge < -0.3 is 30.2 Å². The first-order valence-electron chi connectivity index (χ1n) is 9.81. The van der Waals surface area contributed by atoms with Gasteiger partial charge in [-0.25, -0.2) is 14.8 Å². The van der Waals surface area contributed by atoms with Gasteiger partial charge in [-0.1, -0.05) is 18.2 Å². The number of carbonyl (C=O) groups is 1. The van der Waals surface area contributed by atoms with Crippen LogP contribution in [0.2, 0.25) is 0 Å². The van der Waals surface area contributed by atoms with E-state index in [4.69, 9.17) is 14.2 Å². The number of amides is 2. The van der Waals surface area contributed by atoms with Crippen molar-refractivity contribution in [2.75, 3.05) is 32.2 Å². The number of methoxy groups -OCH3 is 1. The van der Waals surface area contributed by atoms with Gasteiger partial charge in [0.05, 0.1) is 38.1 Å². The Hall–Kier alpha value is -3.17. The van der Waals surface area contributed by atoms with Gasteiger partial charge in [0, 0.05) is 18.3 Å². The van der Waals surface area contributed by atoms with Gasteiger partial charge in [0.2, 0.25) is 5.95 Å². The average Bonchev–Trinajstić information content (AvgIpc) is 3.36. The minimum Gasteiger partial charge on any atom is -0.496 e. The molecule has 4 rings (SSSR count). The maximum absolute atomic E-state index is 11.9. The zero-order valence-corrected chi connectivity index (χ0v) is 16.7. The molecule has 4 unspecified atom stereocenters. The Balaban J connectivity index is 1.41. The Bertz CT molecular complexity index is 908. The highest BCUT2D eigenvalue weighted by atomic mass is 16.6. The number of aromatic nitrogens is 2. The molecule has 0 radical (unpaired) electrons. The highest BCUT2D eigenvalue weighted by Crippen LogP contribution is 2.30. The Morgan fingerprint density at radius 2 is 2.00 bits per heavy atom. The topological polar surface area (TPSA) is 107 Å². The molecule has 9 heteroatoms. The molecule has 0 bridgehead atoms. The van der Waals surface area contributed by atoms with Crippen LogP contribution in [0.15, 0.2) is 49.2 Å². The molecule has 158 valence electrons. The number of fused-ring (bicyclic) bond motifs is 1. The van der Waals surface area contributed by atoms with Crippen LogP contribution in [0.4, 0.5) is 10.7 Å². The summed E-state index contributed by atoms with van der Waals surface area (Å²) in [5.74, 6) is 1.23. The van der Waals surface area contributed by atoms with Crippen LogP contribution < -0.4 is 20.7 Å².